The first kappa shape index (κ1) is 31.6. The number of fused-ring (bicyclic) bond motifs is 5. The second kappa shape index (κ2) is 13.3. The molecule has 1 fully saturated rings. The summed E-state index contributed by atoms with van der Waals surface area (Å²) in [4.78, 5) is 41.5. The highest BCUT2D eigenvalue weighted by atomic mass is 16.5. The minimum absolute atomic E-state index is 0.125. The monoisotopic (exact) mass is 582 g/mol. The van der Waals surface area contributed by atoms with E-state index in [-0.39, 0.29) is 25.5 Å². The van der Waals surface area contributed by atoms with E-state index in [1.165, 1.54) is 12.0 Å². The zero-order chi connectivity index (χ0) is 30.5. The van der Waals surface area contributed by atoms with Gasteiger partial charge in [-0.3, -0.25) is 4.79 Å². The highest BCUT2D eigenvalue weighted by molar-refractivity contribution is 5.91. The van der Waals surface area contributed by atoms with Crippen molar-refractivity contribution in [3.8, 4) is 5.75 Å². The van der Waals surface area contributed by atoms with E-state index in [0.29, 0.717) is 0 Å². The van der Waals surface area contributed by atoms with Crippen LogP contribution in [-0.4, -0.2) is 69.4 Å². The summed E-state index contributed by atoms with van der Waals surface area (Å²) in [6.45, 7) is 6.03. The van der Waals surface area contributed by atoms with Gasteiger partial charge >= 0.3 is 12.1 Å². The molecule has 2 aromatic carbocycles. The molecule has 0 radical (unpaired) electrons. The van der Waals surface area contributed by atoms with Crippen molar-refractivity contribution in [2.24, 2.45) is 5.41 Å². The number of ether oxygens (including phenoxy) is 4. The molecular weight excluding hydrogens is 536 g/mol. The topological polar surface area (TPSA) is 103 Å². The van der Waals surface area contributed by atoms with Crippen LogP contribution in [-0.2, 0) is 35.8 Å². The number of carbonyl (C=O) groups excluding carboxylic acids is 3. The summed E-state index contributed by atoms with van der Waals surface area (Å²) >= 11 is 0. The molecule has 2 aromatic rings. The quantitative estimate of drug-likeness (QED) is 0.477. The van der Waals surface area contributed by atoms with Gasteiger partial charge in [0.15, 0.2) is 0 Å². The van der Waals surface area contributed by atoms with Crippen LogP contribution in [0.4, 0.5) is 4.79 Å². The molecule has 4 rings (SSSR count). The Hall–Kier alpha value is -3.33. The zero-order valence-electron chi connectivity index (χ0n) is 25.9. The van der Waals surface area contributed by atoms with E-state index in [1.54, 1.807) is 14.2 Å². The van der Waals surface area contributed by atoms with Gasteiger partial charge in [-0.05, 0) is 64.8 Å². The number of carbonyl (C=O) groups is 3. The Morgan fingerprint density at radius 1 is 0.976 bits per heavy atom. The number of nitrogens with zero attached hydrogens (tertiary/aromatic N) is 1. The van der Waals surface area contributed by atoms with E-state index in [1.807, 2.05) is 32.9 Å². The van der Waals surface area contributed by atoms with Gasteiger partial charge in [0, 0.05) is 13.5 Å². The predicted molar refractivity (Wildman–Crippen MR) is 160 cm³/mol. The average molecular weight is 583 g/mol. The molecule has 1 N–H and O–H groups in total. The molecule has 5 bridgehead atoms. The third-order valence-corrected chi connectivity index (χ3v) is 8.69. The van der Waals surface area contributed by atoms with E-state index in [0.717, 1.165) is 72.6 Å². The van der Waals surface area contributed by atoms with Crippen LogP contribution in [0.2, 0.25) is 0 Å². The van der Waals surface area contributed by atoms with Gasteiger partial charge in [0.05, 0.1) is 27.4 Å². The number of methoxy groups -OCH3 is 3. The van der Waals surface area contributed by atoms with Crippen molar-refractivity contribution in [1.82, 2.24) is 10.2 Å². The van der Waals surface area contributed by atoms with E-state index in [4.69, 9.17) is 18.9 Å². The SMILES string of the molecule is COC(=O)[C@@H]1C[C@]2(OC)CN1C(=O)[C@H](C(C)(C)C)NC(=O)OCCCCCCCCc1cc3cc2ccc3cc1OC. The van der Waals surface area contributed by atoms with Crippen LogP contribution in [0.3, 0.4) is 0 Å². The number of alkyl carbamates (subject to hydrolysis) is 1. The fourth-order valence-electron chi connectivity index (χ4n) is 6.18. The van der Waals surface area contributed by atoms with E-state index in [2.05, 4.69) is 23.5 Å². The highest BCUT2D eigenvalue weighted by Crippen LogP contribution is 2.42. The van der Waals surface area contributed by atoms with Crippen LogP contribution in [0.15, 0.2) is 30.3 Å². The lowest BCUT2D eigenvalue weighted by Crippen LogP contribution is -2.57. The van der Waals surface area contributed by atoms with Gasteiger partial charge in [0.25, 0.3) is 0 Å². The molecule has 230 valence electrons. The van der Waals surface area contributed by atoms with Gasteiger partial charge in [-0.25, -0.2) is 9.59 Å². The molecule has 3 atom stereocenters. The summed E-state index contributed by atoms with van der Waals surface area (Å²) in [5, 5.41) is 4.87. The molecule has 0 aromatic heterocycles. The number of aryl methyl sites for hydroxylation is 1. The Kier molecular flexibility index (Phi) is 10.0. The maximum atomic E-state index is 14.2. The molecule has 9 nitrogen and oxygen atoms in total. The first-order valence-electron chi connectivity index (χ1n) is 15.0. The molecule has 42 heavy (non-hydrogen) atoms. The molecule has 1 saturated heterocycles. The lowest BCUT2D eigenvalue weighted by atomic mass is 9.85. The average Bonchev–Trinajstić information content (AvgIpc) is 3.38. The van der Waals surface area contributed by atoms with Crippen LogP contribution in [0.1, 0.15) is 76.8 Å². The number of amides is 2. The summed E-state index contributed by atoms with van der Waals surface area (Å²) < 4.78 is 22.5. The Morgan fingerprint density at radius 3 is 2.36 bits per heavy atom. The van der Waals surface area contributed by atoms with Crippen LogP contribution in [0.25, 0.3) is 10.8 Å². The molecule has 0 aliphatic carbocycles. The Bertz CT molecular complexity index is 1290. The van der Waals surface area contributed by atoms with Crippen LogP contribution in [0, 0.1) is 5.41 Å². The van der Waals surface area contributed by atoms with Gasteiger partial charge in [-0.15, -0.1) is 0 Å². The minimum Gasteiger partial charge on any atom is -0.496 e. The number of benzene rings is 2. The second-order valence-corrected chi connectivity index (χ2v) is 12.6. The molecule has 2 heterocycles. The van der Waals surface area contributed by atoms with Crippen molar-refractivity contribution in [3.63, 3.8) is 0 Å². The highest BCUT2D eigenvalue weighted by Gasteiger charge is 2.53. The smallest absolute Gasteiger partial charge is 0.407 e. The summed E-state index contributed by atoms with van der Waals surface area (Å²) in [5.74, 6) is -0.0340. The standard InChI is InChI=1S/C33H46N2O7/c1-32(2,3)28-29(36)35-21-33(41-6,20-26(35)30(37)40-5)25-15-14-22-19-27(39-4)23(17-24(22)18-25)13-11-9-7-8-10-12-16-42-31(38)34-28/h14-15,17-19,26,28H,7-13,16,20-21H2,1-6H3,(H,34,38)/t26-,28+,33-/m0/s1. The molecular formula is C33H46N2O7. The fraction of sp³-hybridized carbons (Fsp3) is 0.606. The van der Waals surface area contributed by atoms with Crippen LogP contribution < -0.4 is 10.1 Å². The van der Waals surface area contributed by atoms with Crippen molar-refractivity contribution >= 4 is 28.7 Å². The summed E-state index contributed by atoms with van der Waals surface area (Å²) in [6.07, 6.45) is 6.54. The lowest BCUT2D eigenvalue weighted by molar-refractivity contribution is -0.152. The molecule has 9 heteroatoms. The van der Waals surface area contributed by atoms with Crippen molar-refractivity contribution < 1.29 is 33.3 Å². The molecule has 0 unspecified atom stereocenters. The third kappa shape index (κ3) is 6.83. The summed E-state index contributed by atoms with van der Waals surface area (Å²) in [6, 6.07) is 8.54. The van der Waals surface area contributed by atoms with Gasteiger partial charge in [-0.2, -0.15) is 0 Å². The number of rotatable bonds is 3. The largest absolute Gasteiger partial charge is 0.496 e. The van der Waals surface area contributed by atoms with Gasteiger partial charge in [0.2, 0.25) is 5.91 Å². The molecule has 2 amide bonds. The Balaban J connectivity index is 1.78. The maximum Gasteiger partial charge on any atom is 0.407 e. The summed E-state index contributed by atoms with van der Waals surface area (Å²) in [7, 11) is 4.62. The van der Waals surface area contributed by atoms with Gasteiger partial charge in [-0.1, -0.05) is 58.6 Å². The van der Waals surface area contributed by atoms with E-state index < -0.39 is 35.2 Å². The number of hydrogen-bond donors (Lipinski definition) is 1. The van der Waals surface area contributed by atoms with E-state index >= 15 is 0 Å². The van der Waals surface area contributed by atoms with Crippen LogP contribution in [0.5, 0.6) is 5.75 Å². The number of cyclic esters (lactones) is 1. The number of esters is 1. The Morgan fingerprint density at radius 2 is 1.69 bits per heavy atom. The normalized spacial score (nSPS) is 24.7. The number of nitrogens with one attached hydrogen (secondary N) is 1. The molecule has 2 aliphatic heterocycles. The van der Waals surface area contributed by atoms with E-state index in [9.17, 15) is 14.4 Å². The van der Waals surface area contributed by atoms with Crippen molar-refractivity contribution in [2.75, 3.05) is 34.5 Å². The van der Waals surface area contributed by atoms with Crippen molar-refractivity contribution in [1.29, 1.82) is 0 Å². The summed E-state index contributed by atoms with van der Waals surface area (Å²) in [5.41, 5.74) is 0.414. The molecule has 0 saturated carbocycles. The fourth-order valence-corrected chi connectivity index (χ4v) is 6.18. The van der Waals surface area contributed by atoms with Gasteiger partial charge < -0.3 is 29.2 Å². The van der Waals surface area contributed by atoms with Crippen LogP contribution >= 0.6 is 0 Å². The molecule has 2 aliphatic rings. The maximum absolute atomic E-state index is 14.2. The lowest BCUT2D eigenvalue weighted by Gasteiger charge is -2.35. The third-order valence-electron chi connectivity index (χ3n) is 8.69. The first-order valence-corrected chi connectivity index (χ1v) is 15.0. The predicted octanol–water partition coefficient (Wildman–Crippen LogP) is 5.50. The second-order valence-electron chi connectivity index (χ2n) is 12.6. The molecule has 0 spiro atoms. The van der Waals surface area contributed by atoms with Gasteiger partial charge in [0.1, 0.15) is 23.4 Å². The number of hydrogen-bond acceptors (Lipinski definition) is 7. The van der Waals surface area contributed by atoms with Crippen molar-refractivity contribution in [2.45, 2.75) is 89.8 Å². The first-order chi connectivity index (χ1) is 20.0. The zero-order valence-corrected chi connectivity index (χ0v) is 25.9. The Labute approximate surface area is 249 Å². The van der Waals surface area contributed by atoms with Crippen molar-refractivity contribution in [3.05, 3.63) is 41.5 Å². The minimum atomic E-state index is -0.954.